The molecular weight excluding hydrogens is 250 g/mol. The number of para-hydroxylation sites is 2. The summed E-state index contributed by atoms with van der Waals surface area (Å²) in [4.78, 5) is 0. The van der Waals surface area contributed by atoms with E-state index < -0.39 is 0 Å². The van der Waals surface area contributed by atoms with Gasteiger partial charge in [-0.15, -0.1) is 0 Å². The van der Waals surface area contributed by atoms with Crippen LogP contribution in [-0.2, 0) is 0 Å². The van der Waals surface area contributed by atoms with Crippen LogP contribution in [0.2, 0.25) is 0 Å². The number of nitrogens with one attached hydrogen (secondary N) is 1. The van der Waals surface area contributed by atoms with E-state index in [9.17, 15) is 0 Å². The SMILES string of the molecule is COc1ccccc1OCCNC(C)c1ccccc1. The monoisotopic (exact) mass is 271 g/mol. The molecular formula is C17H21NO2. The minimum atomic E-state index is 0.317. The fourth-order valence-corrected chi connectivity index (χ4v) is 2.03. The van der Waals surface area contributed by atoms with Gasteiger partial charge in [-0.2, -0.15) is 0 Å². The first-order chi connectivity index (χ1) is 9.81. The van der Waals surface area contributed by atoms with Crippen LogP contribution in [0.1, 0.15) is 18.5 Å². The molecule has 0 heterocycles. The first-order valence-electron chi connectivity index (χ1n) is 6.85. The van der Waals surface area contributed by atoms with Gasteiger partial charge in [0.2, 0.25) is 0 Å². The summed E-state index contributed by atoms with van der Waals surface area (Å²) in [5.74, 6) is 1.55. The highest BCUT2D eigenvalue weighted by atomic mass is 16.5. The molecule has 0 saturated heterocycles. The molecule has 0 aliphatic rings. The van der Waals surface area contributed by atoms with Gasteiger partial charge in [-0.1, -0.05) is 42.5 Å². The molecule has 0 saturated carbocycles. The zero-order valence-electron chi connectivity index (χ0n) is 12.0. The van der Waals surface area contributed by atoms with E-state index >= 15 is 0 Å². The van der Waals surface area contributed by atoms with Crippen molar-refractivity contribution in [3.8, 4) is 11.5 Å². The molecule has 3 nitrogen and oxygen atoms in total. The lowest BCUT2D eigenvalue weighted by atomic mass is 10.1. The van der Waals surface area contributed by atoms with E-state index in [1.165, 1.54) is 5.56 Å². The molecule has 3 heteroatoms. The summed E-state index contributed by atoms with van der Waals surface area (Å²) in [6.45, 7) is 3.55. The van der Waals surface area contributed by atoms with Crippen LogP contribution in [-0.4, -0.2) is 20.3 Å². The van der Waals surface area contributed by atoms with Gasteiger partial charge in [0, 0.05) is 12.6 Å². The zero-order chi connectivity index (χ0) is 14.2. The van der Waals surface area contributed by atoms with Gasteiger partial charge in [0.15, 0.2) is 11.5 Å². The smallest absolute Gasteiger partial charge is 0.161 e. The Morgan fingerprint density at radius 1 is 0.950 bits per heavy atom. The lowest BCUT2D eigenvalue weighted by Gasteiger charge is -2.15. The molecule has 1 unspecified atom stereocenters. The summed E-state index contributed by atoms with van der Waals surface area (Å²) in [7, 11) is 1.65. The third kappa shape index (κ3) is 4.00. The maximum Gasteiger partial charge on any atom is 0.161 e. The minimum absolute atomic E-state index is 0.317. The number of methoxy groups -OCH3 is 1. The largest absolute Gasteiger partial charge is 0.493 e. The first-order valence-corrected chi connectivity index (χ1v) is 6.85. The number of hydrogen-bond donors (Lipinski definition) is 1. The van der Waals surface area contributed by atoms with Gasteiger partial charge >= 0.3 is 0 Å². The highest BCUT2D eigenvalue weighted by Crippen LogP contribution is 2.25. The summed E-state index contributed by atoms with van der Waals surface area (Å²) in [5.41, 5.74) is 1.28. The maximum atomic E-state index is 5.73. The van der Waals surface area contributed by atoms with Crippen molar-refractivity contribution in [3.63, 3.8) is 0 Å². The summed E-state index contributed by atoms with van der Waals surface area (Å²) in [5, 5.41) is 3.44. The van der Waals surface area contributed by atoms with E-state index in [0.717, 1.165) is 18.0 Å². The molecule has 0 aliphatic carbocycles. The summed E-state index contributed by atoms with van der Waals surface area (Å²) in [6.07, 6.45) is 0. The number of benzene rings is 2. The van der Waals surface area contributed by atoms with Crippen LogP contribution in [0.25, 0.3) is 0 Å². The predicted octanol–water partition coefficient (Wildman–Crippen LogP) is 3.42. The van der Waals surface area contributed by atoms with Crippen LogP contribution in [0.4, 0.5) is 0 Å². The van der Waals surface area contributed by atoms with Crippen LogP contribution >= 0.6 is 0 Å². The van der Waals surface area contributed by atoms with E-state index in [0.29, 0.717) is 12.6 Å². The summed E-state index contributed by atoms with van der Waals surface area (Å²) < 4.78 is 11.0. The molecule has 0 radical (unpaired) electrons. The normalized spacial score (nSPS) is 11.9. The van der Waals surface area contributed by atoms with Gasteiger partial charge in [0.1, 0.15) is 6.61 Å². The third-order valence-corrected chi connectivity index (χ3v) is 3.18. The second-order valence-corrected chi connectivity index (χ2v) is 4.59. The fraction of sp³-hybridized carbons (Fsp3) is 0.294. The van der Waals surface area contributed by atoms with E-state index in [-0.39, 0.29) is 0 Å². The highest BCUT2D eigenvalue weighted by Gasteiger charge is 2.05. The van der Waals surface area contributed by atoms with Crippen molar-refractivity contribution in [3.05, 3.63) is 60.2 Å². The van der Waals surface area contributed by atoms with E-state index in [1.54, 1.807) is 7.11 Å². The molecule has 20 heavy (non-hydrogen) atoms. The van der Waals surface area contributed by atoms with Crippen molar-refractivity contribution in [2.75, 3.05) is 20.3 Å². The average molecular weight is 271 g/mol. The van der Waals surface area contributed by atoms with Crippen molar-refractivity contribution in [2.45, 2.75) is 13.0 Å². The lowest BCUT2D eigenvalue weighted by molar-refractivity contribution is 0.288. The Bertz CT molecular complexity index is 513. The van der Waals surface area contributed by atoms with Crippen molar-refractivity contribution in [2.24, 2.45) is 0 Å². The second-order valence-electron chi connectivity index (χ2n) is 4.59. The number of ether oxygens (including phenoxy) is 2. The van der Waals surface area contributed by atoms with Crippen LogP contribution in [0.5, 0.6) is 11.5 Å². The lowest BCUT2D eigenvalue weighted by Crippen LogP contribution is -2.24. The molecule has 1 N–H and O–H groups in total. The molecule has 0 amide bonds. The third-order valence-electron chi connectivity index (χ3n) is 3.18. The molecule has 2 aromatic rings. The molecule has 2 aromatic carbocycles. The van der Waals surface area contributed by atoms with Crippen molar-refractivity contribution in [1.82, 2.24) is 5.32 Å². The van der Waals surface area contributed by atoms with E-state index in [1.807, 2.05) is 30.3 Å². The summed E-state index contributed by atoms with van der Waals surface area (Å²) in [6, 6.07) is 18.4. The van der Waals surface area contributed by atoms with E-state index in [2.05, 4.69) is 36.5 Å². The van der Waals surface area contributed by atoms with Gasteiger partial charge in [-0.3, -0.25) is 0 Å². The van der Waals surface area contributed by atoms with Gasteiger partial charge in [0.05, 0.1) is 7.11 Å². The van der Waals surface area contributed by atoms with Gasteiger partial charge in [-0.25, -0.2) is 0 Å². The fourth-order valence-electron chi connectivity index (χ4n) is 2.03. The first kappa shape index (κ1) is 14.4. The van der Waals surface area contributed by atoms with E-state index in [4.69, 9.17) is 9.47 Å². The molecule has 106 valence electrons. The maximum absolute atomic E-state index is 5.73. The molecule has 0 aliphatic heterocycles. The second kappa shape index (κ2) is 7.56. The Morgan fingerprint density at radius 3 is 2.30 bits per heavy atom. The Morgan fingerprint density at radius 2 is 1.60 bits per heavy atom. The Labute approximate surface area is 120 Å². The van der Waals surface area contributed by atoms with Crippen LogP contribution in [0, 0.1) is 0 Å². The Hall–Kier alpha value is -2.00. The topological polar surface area (TPSA) is 30.5 Å². The van der Waals surface area contributed by atoms with Crippen LogP contribution in [0.3, 0.4) is 0 Å². The molecule has 1 atom stereocenters. The van der Waals surface area contributed by atoms with Crippen molar-refractivity contribution < 1.29 is 9.47 Å². The number of hydrogen-bond acceptors (Lipinski definition) is 3. The predicted molar refractivity (Wildman–Crippen MR) is 81.3 cm³/mol. The number of rotatable bonds is 7. The van der Waals surface area contributed by atoms with Crippen LogP contribution < -0.4 is 14.8 Å². The quantitative estimate of drug-likeness (QED) is 0.783. The molecule has 0 fully saturated rings. The van der Waals surface area contributed by atoms with Gasteiger partial charge in [-0.05, 0) is 24.6 Å². The van der Waals surface area contributed by atoms with Crippen LogP contribution in [0.15, 0.2) is 54.6 Å². The van der Waals surface area contributed by atoms with Gasteiger partial charge in [0.25, 0.3) is 0 Å². The standard InChI is InChI=1S/C17H21NO2/c1-14(15-8-4-3-5-9-15)18-12-13-20-17-11-7-6-10-16(17)19-2/h3-11,14,18H,12-13H2,1-2H3. The molecule has 2 rings (SSSR count). The van der Waals surface area contributed by atoms with Gasteiger partial charge < -0.3 is 14.8 Å². The van der Waals surface area contributed by atoms with Crippen molar-refractivity contribution >= 4 is 0 Å². The molecule has 0 aromatic heterocycles. The molecule has 0 bridgehead atoms. The Kier molecular flexibility index (Phi) is 5.44. The van der Waals surface area contributed by atoms with Crippen molar-refractivity contribution in [1.29, 1.82) is 0 Å². The zero-order valence-corrected chi connectivity index (χ0v) is 12.0. The minimum Gasteiger partial charge on any atom is -0.493 e. The highest BCUT2D eigenvalue weighted by molar-refractivity contribution is 5.39. The average Bonchev–Trinajstić information content (AvgIpc) is 2.52. The summed E-state index contributed by atoms with van der Waals surface area (Å²) >= 11 is 0. The Balaban J connectivity index is 1.76. The molecule has 0 spiro atoms.